The van der Waals surface area contributed by atoms with Gasteiger partial charge in [-0.15, -0.1) is 0 Å². The second-order valence-corrected chi connectivity index (χ2v) is 5.80. The van der Waals surface area contributed by atoms with Crippen molar-refractivity contribution in [2.75, 3.05) is 12.3 Å². The molecule has 1 amide bonds. The number of nitrogens with two attached hydrogens (primary N) is 1. The molecule has 1 aliphatic carbocycles. The Bertz CT molecular complexity index is 615. The van der Waals surface area contributed by atoms with E-state index >= 15 is 0 Å². The lowest BCUT2D eigenvalue weighted by molar-refractivity contribution is 0.0928. The molecule has 3 N–H and O–H groups in total. The third-order valence-corrected chi connectivity index (χ3v) is 4.46. The molecule has 1 fully saturated rings. The molecule has 1 aliphatic rings. The van der Waals surface area contributed by atoms with Crippen molar-refractivity contribution in [1.29, 1.82) is 0 Å². The van der Waals surface area contributed by atoms with E-state index in [-0.39, 0.29) is 11.3 Å². The van der Waals surface area contributed by atoms with Gasteiger partial charge in [0.1, 0.15) is 0 Å². The smallest absolute Gasteiger partial charge is 0.251 e. The molecule has 21 heavy (non-hydrogen) atoms. The first-order valence-electron chi connectivity index (χ1n) is 7.39. The Kier molecular flexibility index (Phi) is 3.65. The topological polar surface area (TPSA) is 55.1 Å². The lowest BCUT2D eigenvalue weighted by Crippen LogP contribution is -2.45. The number of carbonyl (C=O) groups is 1. The highest BCUT2D eigenvalue weighted by Crippen LogP contribution is 2.43. The van der Waals surface area contributed by atoms with Crippen LogP contribution in [0.1, 0.15) is 35.2 Å². The van der Waals surface area contributed by atoms with Crippen molar-refractivity contribution < 1.29 is 4.79 Å². The van der Waals surface area contributed by atoms with Crippen molar-refractivity contribution in [3.8, 4) is 0 Å². The van der Waals surface area contributed by atoms with Crippen LogP contribution in [0, 0.1) is 0 Å². The average Bonchev–Trinajstić information content (AvgIpc) is 2.48. The summed E-state index contributed by atoms with van der Waals surface area (Å²) >= 11 is 0. The first-order valence-corrected chi connectivity index (χ1v) is 7.39. The molecule has 108 valence electrons. The molecular weight excluding hydrogens is 260 g/mol. The third-order valence-electron chi connectivity index (χ3n) is 4.46. The van der Waals surface area contributed by atoms with Crippen LogP contribution in [0.15, 0.2) is 54.6 Å². The SMILES string of the molecule is Nc1ccc(C(=O)NCC2(c3ccccc3)CCC2)cc1. The molecule has 0 radical (unpaired) electrons. The average molecular weight is 280 g/mol. The van der Waals surface area contributed by atoms with Crippen molar-refractivity contribution in [1.82, 2.24) is 5.32 Å². The van der Waals surface area contributed by atoms with Gasteiger partial charge in [0, 0.05) is 23.2 Å². The Hall–Kier alpha value is -2.29. The van der Waals surface area contributed by atoms with E-state index in [2.05, 4.69) is 29.6 Å². The van der Waals surface area contributed by atoms with Gasteiger partial charge in [0.25, 0.3) is 5.91 Å². The van der Waals surface area contributed by atoms with Crippen LogP contribution >= 0.6 is 0 Å². The highest BCUT2D eigenvalue weighted by atomic mass is 16.1. The molecule has 0 atom stereocenters. The molecule has 2 aromatic rings. The van der Waals surface area contributed by atoms with Crippen molar-refractivity contribution in [3.63, 3.8) is 0 Å². The Balaban J connectivity index is 1.68. The zero-order valence-electron chi connectivity index (χ0n) is 12.0. The van der Waals surface area contributed by atoms with E-state index in [1.165, 1.54) is 12.0 Å². The number of hydrogen-bond acceptors (Lipinski definition) is 2. The minimum atomic E-state index is -0.0304. The molecule has 0 heterocycles. The predicted molar refractivity (Wildman–Crippen MR) is 85.2 cm³/mol. The first kappa shape index (κ1) is 13.7. The van der Waals surface area contributed by atoms with Crippen LogP contribution in [0.2, 0.25) is 0 Å². The highest BCUT2D eigenvalue weighted by Gasteiger charge is 2.38. The quantitative estimate of drug-likeness (QED) is 0.845. The molecule has 3 heteroatoms. The van der Waals surface area contributed by atoms with E-state index in [4.69, 9.17) is 5.73 Å². The number of hydrogen-bond donors (Lipinski definition) is 2. The molecule has 0 aliphatic heterocycles. The van der Waals surface area contributed by atoms with Crippen molar-refractivity contribution in [3.05, 3.63) is 65.7 Å². The Morgan fingerprint density at radius 3 is 2.29 bits per heavy atom. The minimum absolute atomic E-state index is 0.0304. The fraction of sp³-hybridized carbons (Fsp3) is 0.278. The Morgan fingerprint density at radius 1 is 1.05 bits per heavy atom. The van der Waals surface area contributed by atoms with E-state index in [0.29, 0.717) is 17.8 Å². The molecule has 0 spiro atoms. The number of benzene rings is 2. The van der Waals surface area contributed by atoms with Crippen molar-refractivity contribution in [2.45, 2.75) is 24.7 Å². The minimum Gasteiger partial charge on any atom is -0.399 e. The summed E-state index contributed by atoms with van der Waals surface area (Å²) in [4.78, 5) is 12.2. The zero-order valence-corrected chi connectivity index (χ0v) is 12.0. The van der Waals surface area contributed by atoms with Crippen LogP contribution in [0.4, 0.5) is 5.69 Å². The summed E-state index contributed by atoms with van der Waals surface area (Å²) in [6, 6.07) is 17.5. The maximum atomic E-state index is 12.2. The van der Waals surface area contributed by atoms with Gasteiger partial charge in [-0.3, -0.25) is 4.79 Å². The Labute approximate surface area is 125 Å². The van der Waals surface area contributed by atoms with Crippen LogP contribution in [-0.4, -0.2) is 12.5 Å². The van der Waals surface area contributed by atoms with Gasteiger partial charge in [-0.2, -0.15) is 0 Å². The number of carbonyl (C=O) groups excluding carboxylic acids is 1. The number of amides is 1. The lowest BCUT2D eigenvalue weighted by atomic mass is 9.64. The number of nitrogen functional groups attached to an aromatic ring is 1. The zero-order chi connectivity index (χ0) is 14.7. The van der Waals surface area contributed by atoms with Gasteiger partial charge in [0.05, 0.1) is 0 Å². The lowest BCUT2D eigenvalue weighted by Gasteiger charge is -2.42. The summed E-state index contributed by atoms with van der Waals surface area (Å²) in [6.45, 7) is 0.695. The van der Waals surface area contributed by atoms with E-state index in [1.807, 2.05) is 6.07 Å². The molecule has 0 unspecified atom stereocenters. The van der Waals surface area contributed by atoms with Gasteiger partial charge in [-0.1, -0.05) is 36.8 Å². The second-order valence-electron chi connectivity index (χ2n) is 5.80. The summed E-state index contributed by atoms with van der Waals surface area (Å²) in [7, 11) is 0. The normalized spacial score (nSPS) is 16.0. The largest absolute Gasteiger partial charge is 0.399 e. The number of nitrogens with one attached hydrogen (secondary N) is 1. The molecule has 0 saturated heterocycles. The van der Waals surface area contributed by atoms with Gasteiger partial charge in [-0.25, -0.2) is 0 Å². The predicted octanol–water partition coefficient (Wildman–Crippen LogP) is 3.12. The summed E-state index contributed by atoms with van der Waals surface area (Å²) in [5, 5.41) is 3.08. The Morgan fingerprint density at radius 2 is 1.71 bits per heavy atom. The van der Waals surface area contributed by atoms with E-state index in [9.17, 15) is 4.79 Å². The molecule has 0 aromatic heterocycles. The van der Waals surface area contributed by atoms with Crippen LogP contribution in [-0.2, 0) is 5.41 Å². The monoisotopic (exact) mass is 280 g/mol. The van der Waals surface area contributed by atoms with Crippen LogP contribution in [0.5, 0.6) is 0 Å². The molecule has 2 aromatic carbocycles. The molecule has 0 bridgehead atoms. The van der Waals surface area contributed by atoms with Crippen molar-refractivity contribution >= 4 is 11.6 Å². The molecule has 3 rings (SSSR count). The van der Waals surface area contributed by atoms with Gasteiger partial charge in [0.15, 0.2) is 0 Å². The standard InChI is InChI=1S/C18H20N2O/c19-16-9-7-14(8-10-16)17(21)20-13-18(11-4-12-18)15-5-2-1-3-6-15/h1-3,5-10H,4,11-13,19H2,(H,20,21). The second kappa shape index (κ2) is 5.60. The highest BCUT2D eigenvalue weighted by molar-refractivity contribution is 5.94. The van der Waals surface area contributed by atoms with Gasteiger partial charge >= 0.3 is 0 Å². The number of anilines is 1. The maximum Gasteiger partial charge on any atom is 0.251 e. The molecule has 1 saturated carbocycles. The third kappa shape index (κ3) is 2.77. The molecule has 3 nitrogen and oxygen atoms in total. The summed E-state index contributed by atoms with van der Waals surface area (Å²) < 4.78 is 0. The van der Waals surface area contributed by atoms with Crippen LogP contribution in [0.3, 0.4) is 0 Å². The summed E-state index contributed by atoms with van der Waals surface area (Å²) in [6.07, 6.45) is 3.50. The van der Waals surface area contributed by atoms with E-state index < -0.39 is 0 Å². The van der Waals surface area contributed by atoms with Crippen LogP contribution in [0.25, 0.3) is 0 Å². The maximum absolute atomic E-state index is 12.2. The van der Waals surface area contributed by atoms with Gasteiger partial charge in [-0.05, 0) is 42.7 Å². The number of rotatable bonds is 4. The van der Waals surface area contributed by atoms with Gasteiger partial charge in [0.2, 0.25) is 0 Å². The van der Waals surface area contributed by atoms with Crippen molar-refractivity contribution in [2.24, 2.45) is 0 Å². The summed E-state index contributed by atoms with van der Waals surface area (Å²) in [5.41, 5.74) is 8.42. The fourth-order valence-electron chi connectivity index (χ4n) is 2.95. The van der Waals surface area contributed by atoms with Gasteiger partial charge < -0.3 is 11.1 Å². The van der Waals surface area contributed by atoms with Crippen LogP contribution < -0.4 is 11.1 Å². The van der Waals surface area contributed by atoms with E-state index in [0.717, 1.165) is 12.8 Å². The summed E-state index contributed by atoms with van der Waals surface area (Å²) in [5.74, 6) is -0.0304. The molecular formula is C18H20N2O. The fourth-order valence-corrected chi connectivity index (χ4v) is 2.95. The van der Waals surface area contributed by atoms with E-state index in [1.54, 1.807) is 24.3 Å². The first-order chi connectivity index (χ1) is 10.2.